The van der Waals surface area contributed by atoms with Crippen LogP contribution in [-0.2, 0) is 11.8 Å². The summed E-state index contributed by atoms with van der Waals surface area (Å²) in [5.41, 5.74) is 1.24. The second-order valence-electron chi connectivity index (χ2n) is 6.06. The number of rotatable bonds is 3. The van der Waals surface area contributed by atoms with Gasteiger partial charge in [-0.05, 0) is 0 Å². The Morgan fingerprint density at radius 3 is 2.63 bits per heavy atom. The van der Waals surface area contributed by atoms with Gasteiger partial charge in [0.2, 0.25) is 0 Å². The molecular weight excluding hydrogens is 294 g/mol. The van der Waals surface area contributed by atoms with Crippen molar-refractivity contribution in [2.24, 2.45) is 0 Å². The third-order valence-corrected chi connectivity index (χ3v) is 7.43. The summed E-state index contributed by atoms with van der Waals surface area (Å²) >= 11 is 5.58. The van der Waals surface area contributed by atoms with Gasteiger partial charge in [0.05, 0.1) is 16.8 Å². The van der Waals surface area contributed by atoms with Crippen molar-refractivity contribution in [3.05, 3.63) is 16.1 Å². The fourth-order valence-electron chi connectivity index (χ4n) is 2.12. The van der Waals surface area contributed by atoms with Crippen LogP contribution in [0.4, 0.5) is 0 Å². The lowest BCUT2D eigenvalue weighted by molar-refractivity contribution is 0.171. The summed E-state index contributed by atoms with van der Waals surface area (Å²) in [6.45, 7) is 8.76. The highest BCUT2D eigenvalue weighted by atomic mass is 32.2. The number of hydrogen-bond acceptors (Lipinski definition) is 5. The van der Waals surface area contributed by atoms with Gasteiger partial charge in [-0.15, -0.1) is 11.3 Å². The van der Waals surface area contributed by atoms with Crippen molar-refractivity contribution in [2.75, 3.05) is 11.5 Å². The molecule has 0 aliphatic carbocycles. The van der Waals surface area contributed by atoms with Crippen LogP contribution >= 0.6 is 34.9 Å². The Hall–Kier alpha value is 0.290. The van der Waals surface area contributed by atoms with Crippen LogP contribution < -0.4 is 0 Å². The van der Waals surface area contributed by atoms with Crippen LogP contribution in [0.3, 0.4) is 0 Å². The minimum atomic E-state index is -0.272. The number of aromatic nitrogens is 1. The average Bonchev–Trinajstić information content (AvgIpc) is 2.77. The van der Waals surface area contributed by atoms with Gasteiger partial charge in [0.15, 0.2) is 0 Å². The topological polar surface area (TPSA) is 33.1 Å². The Morgan fingerprint density at radius 2 is 2.05 bits per heavy atom. The summed E-state index contributed by atoms with van der Waals surface area (Å²) in [5, 5.41) is 14.5. The lowest BCUT2D eigenvalue weighted by atomic mass is 9.93. The van der Waals surface area contributed by atoms with Crippen molar-refractivity contribution in [1.82, 2.24) is 4.98 Å². The van der Waals surface area contributed by atoms with Gasteiger partial charge < -0.3 is 5.11 Å². The number of nitrogens with zero attached hydrogens (tertiary/aromatic N) is 1. The predicted molar refractivity (Wildman–Crippen MR) is 88.7 cm³/mol. The van der Waals surface area contributed by atoms with Crippen LogP contribution in [-0.4, -0.2) is 38.2 Å². The second kappa shape index (κ2) is 6.37. The van der Waals surface area contributed by atoms with Crippen LogP contribution in [0.25, 0.3) is 0 Å². The molecule has 2 heterocycles. The Kier molecular flexibility index (Phi) is 5.26. The van der Waals surface area contributed by atoms with Crippen LogP contribution in [0.5, 0.6) is 0 Å². The number of hydrogen-bond donors (Lipinski definition) is 1. The maximum Gasteiger partial charge on any atom is 0.0954 e. The maximum absolute atomic E-state index is 10.4. The van der Waals surface area contributed by atoms with Crippen LogP contribution in [0.1, 0.15) is 38.4 Å². The van der Waals surface area contributed by atoms with E-state index in [0.29, 0.717) is 16.9 Å². The number of aliphatic hydroxyl groups excluding tert-OH is 1. The molecule has 0 saturated carbocycles. The molecule has 108 valence electrons. The van der Waals surface area contributed by atoms with E-state index in [1.54, 1.807) is 11.3 Å². The monoisotopic (exact) mass is 317 g/mol. The minimum Gasteiger partial charge on any atom is -0.391 e. The zero-order chi connectivity index (χ0) is 14.0. The lowest BCUT2D eigenvalue weighted by Crippen LogP contribution is -2.36. The van der Waals surface area contributed by atoms with Crippen molar-refractivity contribution in [3.63, 3.8) is 0 Å². The zero-order valence-corrected chi connectivity index (χ0v) is 14.5. The summed E-state index contributed by atoms with van der Waals surface area (Å²) in [5.74, 6) is 2.36. The van der Waals surface area contributed by atoms with Gasteiger partial charge in [0.1, 0.15) is 0 Å². The van der Waals surface area contributed by atoms with Crippen LogP contribution in [0.2, 0.25) is 0 Å². The molecule has 1 aromatic heterocycles. The first-order chi connectivity index (χ1) is 8.88. The molecule has 1 aliphatic heterocycles. The summed E-state index contributed by atoms with van der Waals surface area (Å²) < 4.78 is 0. The van der Waals surface area contributed by atoms with E-state index in [0.717, 1.165) is 16.5 Å². The quantitative estimate of drug-likeness (QED) is 0.924. The van der Waals surface area contributed by atoms with E-state index in [-0.39, 0.29) is 11.5 Å². The first-order valence-electron chi connectivity index (χ1n) is 6.74. The fourth-order valence-corrected chi connectivity index (χ4v) is 6.03. The highest BCUT2D eigenvalue weighted by Gasteiger charge is 2.30. The molecule has 1 fully saturated rings. The van der Waals surface area contributed by atoms with E-state index in [2.05, 4.69) is 38.1 Å². The van der Waals surface area contributed by atoms with Crippen molar-refractivity contribution < 1.29 is 5.11 Å². The molecule has 1 aliphatic rings. The first kappa shape index (κ1) is 15.7. The molecule has 1 aromatic rings. The van der Waals surface area contributed by atoms with Crippen LogP contribution in [0.15, 0.2) is 5.38 Å². The van der Waals surface area contributed by atoms with E-state index < -0.39 is 0 Å². The van der Waals surface area contributed by atoms with Gasteiger partial charge in [-0.3, -0.25) is 0 Å². The van der Waals surface area contributed by atoms with Gasteiger partial charge in [0, 0.05) is 39.2 Å². The molecule has 0 amide bonds. The third-order valence-electron chi connectivity index (χ3n) is 3.32. The molecule has 5 heteroatoms. The number of thiazole rings is 1. The molecular formula is C14H23NOS3. The first-order valence-corrected chi connectivity index (χ1v) is 9.72. The number of aliphatic hydroxyl groups is 1. The van der Waals surface area contributed by atoms with Gasteiger partial charge in [-0.1, -0.05) is 27.7 Å². The minimum absolute atomic E-state index is 0.0996. The zero-order valence-electron chi connectivity index (χ0n) is 12.0. The lowest BCUT2D eigenvalue weighted by Gasteiger charge is -2.31. The van der Waals surface area contributed by atoms with E-state index in [1.165, 1.54) is 5.75 Å². The van der Waals surface area contributed by atoms with Gasteiger partial charge in [0.25, 0.3) is 0 Å². The average molecular weight is 318 g/mol. The Balaban J connectivity index is 1.98. The largest absolute Gasteiger partial charge is 0.391 e. The maximum atomic E-state index is 10.4. The molecule has 3 unspecified atom stereocenters. The second-order valence-corrected chi connectivity index (χ2v) is 9.77. The van der Waals surface area contributed by atoms with Crippen LogP contribution in [0, 0.1) is 0 Å². The van der Waals surface area contributed by atoms with Crippen molar-refractivity contribution >= 4 is 34.9 Å². The molecule has 3 atom stereocenters. The molecule has 2 rings (SSSR count). The highest BCUT2D eigenvalue weighted by Crippen LogP contribution is 2.34. The summed E-state index contributed by atoms with van der Waals surface area (Å²) in [6.07, 6.45) is 0.426. The number of thioether (sulfide) groups is 2. The highest BCUT2D eigenvalue weighted by molar-refractivity contribution is 8.07. The predicted octanol–water partition coefficient (Wildman–Crippen LogP) is 3.58. The molecule has 2 nitrogen and oxygen atoms in total. The molecule has 0 bridgehead atoms. The molecule has 0 aromatic carbocycles. The van der Waals surface area contributed by atoms with Gasteiger partial charge in [-0.25, -0.2) is 4.98 Å². The smallest absolute Gasteiger partial charge is 0.0954 e. The van der Waals surface area contributed by atoms with E-state index in [9.17, 15) is 5.11 Å². The van der Waals surface area contributed by atoms with E-state index >= 15 is 0 Å². The molecule has 0 spiro atoms. The van der Waals surface area contributed by atoms with Gasteiger partial charge in [-0.2, -0.15) is 23.5 Å². The third kappa shape index (κ3) is 4.13. The van der Waals surface area contributed by atoms with Crippen molar-refractivity contribution in [3.8, 4) is 0 Å². The van der Waals surface area contributed by atoms with Crippen molar-refractivity contribution in [1.29, 1.82) is 0 Å². The van der Waals surface area contributed by atoms with E-state index in [1.807, 2.05) is 23.5 Å². The molecule has 19 heavy (non-hydrogen) atoms. The standard InChI is InChI=1S/C14H23NOS3/c1-9-13(18-6-5-17-9)10(16)7-12-15-11(8-19-12)14(2,3)4/h8-10,13,16H,5-7H2,1-4H3. The summed E-state index contributed by atoms with van der Waals surface area (Å²) in [6, 6.07) is 0. The summed E-state index contributed by atoms with van der Waals surface area (Å²) in [7, 11) is 0. The normalized spacial score (nSPS) is 26.4. The molecule has 0 radical (unpaired) electrons. The SMILES string of the molecule is CC1SCCSC1C(O)Cc1nc(C(C)(C)C)cs1. The summed E-state index contributed by atoms with van der Waals surface area (Å²) in [4.78, 5) is 4.68. The van der Waals surface area contributed by atoms with Crippen molar-refractivity contribution in [2.45, 2.75) is 56.1 Å². The Morgan fingerprint density at radius 1 is 1.37 bits per heavy atom. The van der Waals surface area contributed by atoms with E-state index in [4.69, 9.17) is 0 Å². The Labute approximate surface area is 128 Å². The Bertz CT molecular complexity index is 413. The molecule has 1 N–H and O–H groups in total. The fraction of sp³-hybridized carbons (Fsp3) is 0.786. The molecule has 1 saturated heterocycles. The van der Waals surface area contributed by atoms with Gasteiger partial charge >= 0.3 is 0 Å².